The summed E-state index contributed by atoms with van der Waals surface area (Å²) in [5.41, 5.74) is 0.303. The molecular formula is C8H11N3O3. The molecular weight excluding hydrogens is 186 g/mol. The van der Waals surface area contributed by atoms with Crippen LogP contribution in [-0.4, -0.2) is 43.1 Å². The molecule has 2 aliphatic heterocycles. The van der Waals surface area contributed by atoms with Crippen molar-refractivity contribution in [3.8, 4) is 0 Å². The van der Waals surface area contributed by atoms with Gasteiger partial charge in [0.25, 0.3) is 5.91 Å². The predicted molar refractivity (Wildman–Crippen MR) is 47.1 cm³/mol. The van der Waals surface area contributed by atoms with Crippen molar-refractivity contribution in [2.75, 3.05) is 26.3 Å². The number of ether oxygens (including phenoxy) is 1. The molecule has 0 bridgehead atoms. The summed E-state index contributed by atoms with van der Waals surface area (Å²) >= 11 is 0. The normalized spacial score (nSPS) is 25.1. The lowest BCUT2D eigenvalue weighted by atomic mass is 10.4. The molecule has 0 unspecified atom stereocenters. The van der Waals surface area contributed by atoms with E-state index in [0.717, 1.165) is 13.1 Å². The van der Waals surface area contributed by atoms with Gasteiger partial charge in [0.15, 0.2) is 0 Å². The highest BCUT2D eigenvalue weighted by molar-refractivity contribution is 6.11. The summed E-state index contributed by atoms with van der Waals surface area (Å²) in [6, 6.07) is -0.463. The molecule has 2 heterocycles. The van der Waals surface area contributed by atoms with E-state index in [9.17, 15) is 9.59 Å². The molecule has 0 radical (unpaired) electrons. The highest BCUT2D eigenvalue weighted by atomic mass is 16.5. The summed E-state index contributed by atoms with van der Waals surface area (Å²) in [6.07, 6.45) is 1.66. The van der Waals surface area contributed by atoms with Crippen molar-refractivity contribution in [1.82, 2.24) is 15.5 Å². The van der Waals surface area contributed by atoms with Gasteiger partial charge in [0.2, 0.25) is 0 Å². The van der Waals surface area contributed by atoms with Gasteiger partial charge in [-0.05, 0) is 0 Å². The van der Waals surface area contributed by atoms with E-state index in [2.05, 4.69) is 10.6 Å². The summed E-state index contributed by atoms with van der Waals surface area (Å²) in [5.74, 6) is -0.374. The maximum atomic E-state index is 11.1. The highest BCUT2D eigenvalue weighted by Crippen LogP contribution is 2.03. The van der Waals surface area contributed by atoms with Crippen LogP contribution in [0.4, 0.5) is 4.79 Å². The van der Waals surface area contributed by atoms with Crippen LogP contribution in [0.15, 0.2) is 11.9 Å². The first-order chi connectivity index (χ1) is 6.75. The zero-order valence-electron chi connectivity index (χ0n) is 7.58. The molecule has 6 heteroatoms. The van der Waals surface area contributed by atoms with Gasteiger partial charge in [0.05, 0.1) is 13.2 Å². The summed E-state index contributed by atoms with van der Waals surface area (Å²) in [6.45, 7) is 2.79. The van der Waals surface area contributed by atoms with Crippen LogP contribution in [0.25, 0.3) is 0 Å². The van der Waals surface area contributed by atoms with Gasteiger partial charge in [-0.2, -0.15) is 0 Å². The third kappa shape index (κ3) is 1.85. The molecule has 0 aromatic heterocycles. The second-order valence-corrected chi connectivity index (χ2v) is 3.10. The second-order valence-electron chi connectivity index (χ2n) is 3.10. The van der Waals surface area contributed by atoms with Gasteiger partial charge >= 0.3 is 6.03 Å². The number of carbonyl (C=O) groups is 2. The molecule has 14 heavy (non-hydrogen) atoms. The Hall–Kier alpha value is -1.56. The lowest BCUT2D eigenvalue weighted by molar-refractivity contribution is -0.115. The summed E-state index contributed by atoms with van der Waals surface area (Å²) in [4.78, 5) is 23.9. The van der Waals surface area contributed by atoms with Gasteiger partial charge < -0.3 is 15.0 Å². The lowest BCUT2D eigenvalue weighted by Gasteiger charge is -2.25. The Labute approximate surface area is 80.9 Å². The highest BCUT2D eigenvalue weighted by Gasteiger charge is 2.23. The molecule has 76 valence electrons. The Bertz CT molecular complexity index is 294. The van der Waals surface area contributed by atoms with Crippen LogP contribution in [0.3, 0.4) is 0 Å². The van der Waals surface area contributed by atoms with Crippen molar-refractivity contribution in [1.29, 1.82) is 0 Å². The number of rotatable bonds is 1. The van der Waals surface area contributed by atoms with Gasteiger partial charge in [-0.15, -0.1) is 0 Å². The maximum Gasteiger partial charge on any atom is 0.326 e. The van der Waals surface area contributed by atoms with Crippen LogP contribution in [-0.2, 0) is 9.53 Å². The van der Waals surface area contributed by atoms with Crippen LogP contribution in [0.5, 0.6) is 0 Å². The average Bonchev–Trinajstić information content (AvgIpc) is 2.47. The quantitative estimate of drug-likeness (QED) is 0.418. The van der Waals surface area contributed by atoms with E-state index in [1.54, 1.807) is 6.20 Å². The van der Waals surface area contributed by atoms with Crippen LogP contribution in [0.2, 0.25) is 0 Å². The monoisotopic (exact) mass is 197 g/mol. The zero-order valence-corrected chi connectivity index (χ0v) is 7.58. The topological polar surface area (TPSA) is 70.7 Å². The number of amides is 3. The van der Waals surface area contributed by atoms with Crippen molar-refractivity contribution < 1.29 is 14.3 Å². The minimum Gasteiger partial charge on any atom is -0.378 e. The minimum absolute atomic E-state index is 0.303. The smallest absolute Gasteiger partial charge is 0.326 e. The third-order valence-corrected chi connectivity index (χ3v) is 2.08. The number of hydrogen-bond acceptors (Lipinski definition) is 4. The molecule has 6 nitrogen and oxygen atoms in total. The molecule has 2 N–H and O–H groups in total. The first-order valence-electron chi connectivity index (χ1n) is 4.41. The standard InChI is InChI=1S/C8H11N3O3/c12-7-6(9-8(13)10-7)5-11-1-3-14-4-2-11/h5H,1-4H2,(H2,9,10,12,13)/b6-5-. The molecule has 0 atom stereocenters. The molecule has 0 saturated carbocycles. The van der Waals surface area contributed by atoms with E-state index in [1.165, 1.54) is 0 Å². The van der Waals surface area contributed by atoms with Gasteiger partial charge in [-0.25, -0.2) is 4.79 Å². The number of imide groups is 1. The van der Waals surface area contributed by atoms with Crippen LogP contribution in [0.1, 0.15) is 0 Å². The Morgan fingerprint density at radius 3 is 2.50 bits per heavy atom. The fourth-order valence-corrected chi connectivity index (χ4v) is 1.36. The van der Waals surface area contributed by atoms with Crippen LogP contribution in [0, 0.1) is 0 Å². The first kappa shape index (κ1) is 9.01. The van der Waals surface area contributed by atoms with Crippen molar-refractivity contribution in [3.63, 3.8) is 0 Å². The molecule has 0 aromatic rings. The van der Waals surface area contributed by atoms with Crippen LogP contribution >= 0.6 is 0 Å². The van der Waals surface area contributed by atoms with Gasteiger partial charge in [-0.3, -0.25) is 10.1 Å². The van der Waals surface area contributed by atoms with E-state index in [1.807, 2.05) is 4.90 Å². The number of nitrogens with zero attached hydrogens (tertiary/aromatic N) is 1. The maximum absolute atomic E-state index is 11.1. The van der Waals surface area contributed by atoms with Crippen molar-refractivity contribution in [3.05, 3.63) is 11.9 Å². The van der Waals surface area contributed by atoms with E-state index in [0.29, 0.717) is 18.9 Å². The summed E-state index contributed by atoms with van der Waals surface area (Å²) < 4.78 is 5.15. The number of urea groups is 1. The van der Waals surface area contributed by atoms with Crippen molar-refractivity contribution in [2.24, 2.45) is 0 Å². The van der Waals surface area contributed by atoms with Crippen LogP contribution < -0.4 is 10.6 Å². The average molecular weight is 197 g/mol. The van der Waals surface area contributed by atoms with E-state index >= 15 is 0 Å². The summed E-state index contributed by atoms with van der Waals surface area (Å²) in [7, 11) is 0. The molecule has 2 fully saturated rings. The molecule has 3 amide bonds. The minimum atomic E-state index is -0.463. The third-order valence-electron chi connectivity index (χ3n) is 2.08. The van der Waals surface area contributed by atoms with Crippen molar-refractivity contribution >= 4 is 11.9 Å². The summed E-state index contributed by atoms with van der Waals surface area (Å²) in [5, 5.41) is 4.57. The van der Waals surface area contributed by atoms with Gasteiger partial charge in [0.1, 0.15) is 5.70 Å². The van der Waals surface area contributed by atoms with E-state index in [4.69, 9.17) is 4.74 Å². The van der Waals surface area contributed by atoms with Gasteiger partial charge in [-0.1, -0.05) is 0 Å². The Morgan fingerprint density at radius 2 is 1.93 bits per heavy atom. The molecule has 0 aromatic carbocycles. The largest absolute Gasteiger partial charge is 0.378 e. The number of nitrogens with one attached hydrogen (secondary N) is 2. The Kier molecular flexibility index (Phi) is 2.36. The Balaban J connectivity index is 2.02. The SMILES string of the molecule is O=C1NC(=O)/C(=C/N2CCOCC2)N1. The first-order valence-corrected chi connectivity index (χ1v) is 4.41. The molecule has 2 saturated heterocycles. The molecule has 2 rings (SSSR count). The second kappa shape index (κ2) is 3.67. The fraction of sp³-hybridized carbons (Fsp3) is 0.500. The number of carbonyl (C=O) groups excluding carboxylic acids is 2. The zero-order chi connectivity index (χ0) is 9.97. The molecule has 0 aliphatic carbocycles. The number of hydrogen-bond donors (Lipinski definition) is 2. The van der Waals surface area contributed by atoms with E-state index < -0.39 is 6.03 Å². The van der Waals surface area contributed by atoms with Gasteiger partial charge in [0, 0.05) is 19.3 Å². The Morgan fingerprint density at radius 1 is 1.21 bits per heavy atom. The van der Waals surface area contributed by atoms with E-state index in [-0.39, 0.29) is 5.91 Å². The predicted octanol–water partition coefficient (Wildman–Crippen LogP) is -1.00. The molecule has 0 spiro atoms. The number of morpholine rings is 1. The fourth-order valence-electron chi connectivity index (χ4n) is 1.36. The molecule has 2 aliphatic rings. The van der Waals surface area contributed by atoms with Crippen molar-refractivity contribution in [2.45, 2.75) is 0 Å². The lowest BCUT2D eigenvalue weighted by Crippen LogP contribution is -2.33.